The first-order valence-electron chi connectivity index (χ1n) is 39.8. The number of H-pyrrole nitrogens is 1. The van der Waals surface area contributed by atoms with Gasteiger partial charge in [-0.2, -0.15) is 4.98 Å². The Balaban J connectivity index is 0.615. The van der Waals surface area contributed by atoms with Crippen LogP contribution in [0.25, 0.3) is 27.0 Å². The first kappa shape index (κ1) is 85.1. The van der Waals surface area contributed by atoms with Gasteiger partial charge in [0.05, 0.1) is 43.6 Å². The molecule has 5 amide bonds. The van der Waals surface area contributed by atoms with Crippen molar-refractivity contribution in [2.75, 3.05) is 109 Å². The number of nitrogens with zero attached hydrogens (tertiary/aromatic N) is 9. The number of nitro benzene ring substituents is 1. The lowest BCUT2D eigenvalue weighted by molar-refractivity contribution is -0.384. The molecule has 0 bridgehead atoms. The Kier molecular flexibility index (Phi) is 28.3. The smallest absolute Gasteiger partial charge is 0.293 e. The van der Waals surface area contributed by atoms with E-state index < -0.39 is 60.9 Å². The summed E-state index contributed by atoms with van der Waals surface area (Å²) in [5.74, 6) is -1.09. The van der Waals surface area contributed by atoms with Gasteiger partial charge in [-0.1, -0.05) is 112 Å². The molecule has 5 aromatic carbocycles. The number of aliphatic hydroxyl groups is 1. The maximum atomic E-state index is 14.4. The molecule has 4 aliphatic rings. The van der Waals surface area contributed by atoms with Crippen LogP contribution in [0, 0.1) is 27.9 Å². The van der Waals surface area contributed by atoms with Gasteiger partial charge in [0, 0.05) is 148 Å². The van der Waals surface area contributed by atoms with Crippen molar-refractivity contribution in [1.29, 1.82) is 0 Å². The molecule has 3 aliphatic heterocycles. The lowest BCUT2D eigenvalue weighted by Crippen LogP contribution is -2.57. The molecule has 6 heterocycles. The quantitative estimate of drug-likeness (QED) is 0.00964. The van der Waals surface area contributed by atoms with Gasteiger partial charge in [-0.3, -0.25) is 43.9 Å². The second-order valence-electron chi connectivity index (χ2n) is 32.6. The van der Waals surface area contributed by atoms with Gasteiger partial charge in [0.1, 0.15) is 29.2 Å². The zero-order valence-electron chi connectivity index (χ0n) is 66.9. The first-order valence-corrected chi connectivity index (χ1v) is 43.5. The normalized spacial score (nSPS) is 18.7. The van der Waals surface area contributed by atoms with Crippen molar-refractivity contribution >= 4 is 108 Å². The minimum atomic E-state index is -4.69. The number of fused-ring (bicyclic) bond motifs is 1. The van der Waals surface area contributed by atoms with Crippen molar-refractivity contribution in [2.24, 2.45) is 10.8 Å². The third-order valence-electron chi connectivity index (χ3n) is 22.3. The summed E-state index contributed by atoms with van der Waals surface area (Å²) in [6, 6.07) is 37.5. The Bertz CT molecular complexity index is 4890. The molecule has 6 atom stereocenters. The first-order chi connectivity index (χ1) is 55.0. The number of β-amino-alcohol motifs (C(OH)–C–C–N with tert-alkyl or cyclic N) is 1. The number of nitro groups is 1. The topological polar surface area (TPSA) is 301 Å². The molecule has 3 fully saturated rings. The largest absolute Gasteiger partial charge is 0.438 e. The highest BCUT2D eigenvalue weighted by Crippen LogP contribution is 2.45. The highest BCUT2D eigenvalue weighted by molar-refractivity contribution is 7.99. The molecule has 0 saturated carbocycles. The zero-order valence-corrected chi connectivity index (χ0v) is 70.1. The summed E-state index contributed by atoms with van der Waals surface area (Å²) < 4.78 is 37.0. The van der Waals surface area contributed by atoms with Crippen molar-refractivity contribution in [1.82, 2.24) is 54.8 Å². The molecule has 12 rings (SSSR count). The lowest BCUT2D eigenvalue weighted by atomic mass is 9.71. The number of aromatic nitrogens is 3. The summed E-state index contributed by atoms with van der Waals surface area (Å²) in [4.78, 5) is 108. The monoisotopic (exact) mass is 1640 g/mol. The number of thiazole rings is 1. The molecule has 29 heteroatoms. The van der Waals surface area contributed by atoms with Crippen molar-refractivity contribution in [3.05, 3.63) is 188 Å². The number of benzene rings is 5. The van der Waals surface area contributed by atoms with Crippen LogP contribution in [0.2, 0.25) is 5.02 Å². The molecule has 0 radical (unpaired) electrons. The lowest BCUT2D eigenvalue weighted by Gasteiger charge is -2.44. The van der Waals surface area contributed by atoms with Gasteiger partial charge in [-0.05, 0) is 167 Å². The van der Waals surface area contributed by atoms with Gasteiger partial charge in [0.2, 0.25) is 29.5 Å². The molecule has 612 valence electrons. The Labute approximate surface area is 687 Å². The number of halogens is 1. The second kappa shape index (κ2) is 38.2. The van der Waals surface area contributed by atoms with Crippen LogP contribution < -0.4 is 30.3 Å². The minimum absolute atomic E-state index is 0.0150. The van der Waals surface area contributed by atoms with E-state index in [1.165, 1.54) is 34.2 Å². The van der Waals surface area contributed by atoms with Crippen LogP contribution in [0.5, 0.6) is 11.6 Å². The van der Waals surface area contributed by atoms with E-state index in [9.17, 15) is 47.6 Å². The summed E-state index contributed by atoms with van der Waals surface area (Å²) >= 11 is 9.64. The zero-order chi connectivity index (χ0) is 81.7. The standard InChI is InChI=1S/C86H107ClN14O11S3/c1-57(59-20-22-61(23-21-59)79-58(2)89-56-114-79)90-83(106)74-49-67(102)53-100(74)84(107)80(85(3,4)5)92-76(103)18-14-9-10-15-19-78(104)99-46-42-97(43-47-99)55-86(6)37-34-70(60-24-27-64(87)28-25-60)63(51-86)52-96-40-44-98(45-41-96)66-29-31-71(75(48-66)112-77-33-26-62-35-38-88-81(62)93-77)82(105)94-115(110,111)69-30-32-72(73(50-69)101(108)109)91-65(36-39-95(7)8)54-113-68-16-12-11-13-17-68/h11-13,16-17,20-33,35,38,48,50,56-57,65,67,74,80,91,102H,9-10,14-15,18-19,34,36-37,39-47,49,51-55H2,1-8H3,(H,88,93)(H,90,106)(H,92,103)(H,94,105)/t57-,65+,67+,74-,80+,86?/m0/s1. The maximum Gasteiger partial charge on any atom is 0.293 e. The number of sulfonamides is 1. The van der Waals surface area contributed by atoms with Crippen LogP contribution in [-0.4, -0.2) is 210 Å². The van der Waals surface area contributed by atoms with Crippen LogP contribution in [0.4, 0.5) is 17.1 Å². The fourth-order valence-corrected chi connectivity index (χ4v) is 18.8. The van der Waals surface area contributed by atoms with E-state index in [-0.39, 0.29) is 77.5 Å². The number of thioether (sulfide) groups is 1. The third kappa shape index (κ3) is 22.5. The van der Waals surface area contributed by atoms with Crippen LogP contribution in [-0.2, 0) is 29.2 Å². The Morgan fingerprint density at radius 1 is 0.852 bits per heavy atom. The minimum Gasteiger partial charge on any atom is -0.438 e. The summed E-state index contributed by atoms with van der Waals surface area (Å²) in [5.41, 5.74) is 8.78. The summed E-state index contributed by atoms with van der Waals surface area (Å²) in [6.45, 7) is 19.8. The van der Waals surface area contributed by atoms with Gasteiger partial charge in [-0.15, -0.1) is 23.1 Å². The number of anilines is 2. The summed E-state index contributed by atoms with van der Waals surface area (Å²) in [7, 11) is -0.787. The fraction of sp³-hybridized carbons (Fsp3) is 0.453. The number of carbonyl (C=O) groups excluding carboxylic acids is 5. The number of amides is 5. The van der Waals surface area contributed by atoms with Crippen molar-refractivity contribution < 1.29 is 47.2 Å². The molecule has 0 spiro atoms. The number of carbonyl (C=O) groups is 5. The number of pyridine rings is 1. The van der Waals surface area contributed by atoms with E-state index in [0.29, 0.717) is 74.8 Å². The number of aryl methyl sites for hydroxylation is 1. The van der Waals surface area contributed by atoms with E-state index in [4.69, 9.17) is 16.3 Å². The van der Waals surface area contributed by atoms with Gasteiger partial charge in [0.25, 0.3) is 21.6 Å². The summed E-state index contributed by atoms with van der Waals surface area (Å²) in [5, 5.41) is 34.3. The fourth-order valence-electron chi connectivity index (χ4n) is 15.8. The van der Waals surface area contributed by atoms with Gasteiger partial charge < -0.3 is 50.4 Å². The molecule has 1 unspecified atom stereocenters. The number of ether oxygens (including phenoxy) is 1. The predicted octanol–water partition coefficient (Wildman–Crippen LogP) is 13.6. The average molecular weight is 1640 g/mol. The molecule has 115 heavy (non-hydrogen) atoms. The highest BCUT2D eigenvalue weighted by atomic mass is 35.5. The molecular formula is C86H107ClN14O11S3. The maximum absolute atomic E-state index is 14.4. The SMILES string of the molecule is Cc1ncsc1-c1ccc([C@H](C)NC(=O)[C@@H]2C[C@@H](O)CN2C(=O)[C@@H](NC(=O)CCCCCCC(=O)N2CCN(CC3(C)CCC(c4ccc(Cl)cc4)=C(CN4CCN(c5ccc(C(=O)NS(=O)(=O)c6ccc(N[C@H](CCN(C)C)CSc7ccccc7)c([N+](=O)[O-])c6)c(Oc6ccc7cc[nH]c7n6)c5)CC4)C3)CC2)C(C)(C)C)cc1. The number of aromatic amines is 1. The van der Waals surface area contributed by atoms with Crippen molar-refractivity contribution in [2.45, 2.75) is 152 Å². The molecule has 1 aliphatic carbocycles. The van der Waals surface area contributed by atoms with Gasteiger partial charge in [0.15, 0.2) is 0 Å². The van der Waals surface area contributed by atoms with E-state index in [0.717, 1.165) is 121 Å². The van der Waals surface area contributed by atoms with E-state index in [2.05, 4.69) is 69.4 Å². The van der Waals surface area contributed by atoms with Crippen molar-refractivity contribution in [3.63, 3.8) is 0 Å². The number of hydrogen-bond donors (Lipinski definition) is 6. The van der Waals surface area contributed by atoms with E-state index >= 15 is 0 Å². The van der Waals surface area contributed by atoms with Crippen LogP contribution >= 0.6 is 34.7 Å². The van der Waals surface area contributed by atoms with Crippen molar-refractivity contribution in [3.8, 4) is 22.1 Å². The summed E-state index contributed by atoms with van der Waals surface area (Å²) in [6.07, 6.45) is 7.84. The number of likely N-dealkylation sites (tertiary alicyclic amines) is 1. The third-order valence-corrected chi connectivity index (χ3v) is 26.0. The van der Waals surface area contributed by atoms with Gasteiger partial charge >= 0.3 is 0 Å². The number of hydrogen-bond acceptors (Lipinski definition) is 20. The Morgan fingerprint density at radius 2 is 1.57 bits per heavy atom. The average Bonchev–Trinajstić information content (AvgIpc) is 1.11. The number of piperazine rings is 2. The molecular weight excluding hydrogens is 1540 g/mol. The molecule has 25 nitrogen and oxygen atoms in total. The molecule has 3 aromatic heterocycles. The Hall–Kier alpha value is -9.26. The van der Waals surface area contributed by atoms with E-state index in [1.54, 1.807) is 47.5 Å². The second-order valence-corrected chi connectivity index (χ2v) is 36.6. The Morgan fingerprint density at radius 3 is 2.26 bits per heavy atom. The molecule has 3 saturated heterocycles. The van der Waals surface area contributed by atoms with Crippen LogP contribution in [0.15, 0.2) is 161 Å². The predicted molar refractivity (Wildman–Crippen MR) is 454 cm³/mol. The van der Waals surface area contributed by atoms with Crippen LogP contribution in [0.3, 0.4) is 0 Å². The highest BCUT2D eigenvalue weighted by Gasteiger charge is 2.45. The molecule has 6 N–H and O–H groups in total. The number of unbranched alkanes of at least 4 members (excludes halogenated alkanes) is 3. The number of aliphatic hydroxyl groups excluding tert-OH is 1. The van der Waals surface area contributed by atoms with Crippen LogP contribution in [0.1, 0.15) is 138 Å². The number of rotatable bonds is 33. The van der Waals surface area contributed by atoms with E-state index in [1.807, 2.05) is 143 Å². The number of nitrogens with one attached hydrogen (secondary N) is 5. The van der Waals surface area contributed by atoms with Gasteiger partial charge in [-0.25, -0.2) is 18.1 Å². The number of allylic oxidation sites excluding steroid dienone is 1. The molecule has 8 aromatic rings.